The van der Waals surface area contributed by atoms with E-state index in [1.807, 2.05) is 24.3 Å². The fourth-order valence-corrected chi connectivity index (χ4v) is 3.94. The van der Waals surface area contributed by atoms with Crippen molar-refractivity contribution < 1.29 is 0 Å². The summed E-state index contributed by atoms with van der Waals surface area (Å²) in [4.78, 5) is 4.51. The Labute approximate surface area is 151 Å². The number of aromatic nitrogens is 1. The topological polar surface area (TPSA) is 24.9 Å². The van der Waals surface area contributed by atoms with E-state index in [0.717, 1.165) is 26.7 Å². The first-order valence-corrected chi connectivity index (χ1v) is 8.84. The first kappa shape index (κ1) is 17.2. The average molecular weight is 453 g/mol. The van der Waals surface area contributed by atoms with Crippen LogP contribution in [0.5, 0.6) is 0 Å². The van der Waals surface area contributed by atoms with Crippen molar-refractivity contribution in [2.75, 3.05) is 6.54 Å². The first-order chi connectivity index (χ1) is 10.0. The molecule has 0 radical (unpaired) electrons. The summed E-state index contributed by atoms with van der Waals surface area (Å²) in [5, 5.41) is 4.80. The van der Waals surface area contributed by atoms with Crippen LogP contribution in [0.15, 0.2) is 39.4 Å². The smallest absolute Gasteiger partial charge is 0.0719 e. The zero-order valence-corrected chi connectivity index (χ0v) is 16.0. The third-order valence-corrected chi connectivity index (χ3v) is 4.86. The Morgan fingerprint density at radius 1 is 1.24 bits per heavy atom. The van der Waals surface area contributed by atoms with Gasteiger partial charge in [-0.1, -0.05) is 36.2 Å². The molecule has 0 aliphatic rings. The Bertz CT molecular complexity index is 615. The molecule has 0 saturated carbocycles. The number of pyridine rings is 1. The largest absolute Gasteiger partial charge is 0.309 e. The van der Waals surface area contributed by atoms with Gasteiger partial charge in [-0.15, -0.1) is 0 Å². The minimum Gasteiger partial charge on any atom is -0.309 e. The van der Waals surface area contributed by atoms with E-state index in [0.29, 0.717) is 16.5 Å². The van der Waals surface area contributed by atoms with Gasteiger partial charge in [-0.05, 0) is 68.6 Å². The first-order valence-electron chi connectivity index (χ1n) is 6.50. The molecule has 1 aromatic carbocycles. The molecule has 6 heteroatoms. The zero-order valence-electron chi connectivity index (χ0n) is 11.3. The summed E-state index contributed by atoms with van der Waals surface area (Å²) in [6.45, 7) is 2.89. The summed E-state index contributed by atoms with van der Waals surface area (Å²) < 4.78 is 1.88. The second-order valence-electron chi connectivity index (χ2n) is 4.54. The molecule has 21 heavy (non-hydrogen) atoms. The van der Waals surface area contributed by atoms with Crippen molar-refractivity contribution in [3.63, 3.8) is 0 Å². The van der Waals surface area contributed by atoms with Crippen molar-refractivity contribution in [3.05, 3.63) is 60.7 Å². The van der Waals surface area contributed by atoms with Crippen LogP contribution in [-0.2, 0) is 6.42 Å². The van der Waals surface area contributed by atoms with Crippen LogP contribution < -0.4 is 5.32 Å². The van der Waals surface area contributed by atoms with Gasteiger partial charge in [0, 0.05) is 25.2 Å². The molecule has 1 N–H and O–H groups in total. The maximum absolute atomic E-state index is 6.27. The molecule has 0 spiro atoms. The van der Waals surface area contributed by atoms with E-state index in [2.05, 4.69) is 49.1 Å². The molecule has 0 fully saturated rings. The molecule has 0 aliphatic carbocycles. The Hall–Kier alpha value is -0.130. The molecule has 1 aromatic heterocycles. The Balaban J connectivity index is 2.35. The maximum Gasteiger partial charge on any atom is 0.0719 e. The summed E-state index contributed by atoms with van der Waals surface area (Å²) in [5.41, 5.74) is 1.87. The van der Waals surface area contributed by atoms with Gasteiger partial charge >= 0.3 is 0 Å². The molecule has 112 valence electrons. The summed E-state index contributed by atoms with van der Waals surface area (Å²) in [5.74, 6) is 0. The van der Waals surface area contributed by atoms with Gasteiger partial charge in [0.25, 0.3) is 0 Å². The van der Waals surface area contributed by atoms with Crippen molar-refractivity contribution in [2.45, 2.75) is 19.4 Å². The molecule has 0 aliphatic heterocycles. The fourth-order valence-electron chi connectivity index (χ4n) is 2.12. The van der Waals surface area contributed by atoms with Crippen LogP contribution in [0.2, 0.25) is 10.0 Å². The van der Waals surface area contributed by atoms with Crippen LogP contribution in [-0.4, -0.2) is 11.5 Å². The van der Waals surface area contributed by atoms with Crippen molar-refractivity contribution in [2.24, 2.45) is 0 Å². The second-order valence-corrected chi connectivity index (χ2v) is 7.12. The number of benzene rings is 1. The molecular formula is C15H14Br2Cl2N2. The normalized spacial score (nSPS) is 12.4. The molecule has 0 amide bonds. The second kappa shape index (κ2) is 7.93. The average Bonchev–Trinajstić information content (AvgIpc) is 2.42. The molecule has 2 aromatic rings. The van der Waals surface area contributed by atoms with Crippen molar-refractivity contribution >= 4 is 55.1 Å². The number of hydrogen-bond donors (Lipinski definition) is 1. The Morgan fingerprint density at radius 2 is 1.90 bits per heavy atom. The van der Waals surface area contributed by atoms with Gasteiger partial charge < -0.3 is 5.32 Å². The number of hydrogen-bond acceptors (Lipinski definition) is 2. The van der Waals surface area contributed by atoms with Crippen LogP contribution in [0, 0.1) is 0 Å². The molecule has 1 atom stereocenters. The fraction of sp³-hybridized carbons (Fsp3) is 0.267. The van der Waals surface area contributed by atoms with Crippen molar-refractivity contribution in [1.29, 1.82) is 0 Å². The highest BCUT2D eigenvalue weighted by molar-refractivity contribution is 9.11. The van der Waals surface area contributed by atoms with Gasteiger partial charge in [0.05, 0.1) is 11.7 Å². The lowest BCUT2D eigenvalue weighted by Crippen LogP contribution is -2.24. The molecule has 1 unspecified atom stereocenters. The third kappa shape index (κ3) is 4.42. The summed E-state index contributed by atoms with van der Waals surface area (Å²) in [6, 6.07) is 7.59. The van der Waals surface area contributed by atoms with Crippen LogP contribution >= 0.6 is 55.1 Å². The van der Waals surface area contributed by atoms with Gasteiger partial charge in [-0.2, -0.15) is 0 Å². The Kier molecular flexibility index (Phi) is 6.51. The van der Waals surface area contributed by atoms with Crippen LogP contribution in [0.1, 0.15) is 24.2 Å². The van der Waals surface area contributed by atoms with Gasteiger partial charge in [0.2, 0.25) is 0 Å². The summed E-state index contributed by atoms with van der Waals surface area (Å²) in [6.07, 6.45) is 2.47. The van der Waals surface area contributed by atoms with E-state index < -0.39 is 0 Å². The molecule has 0 bridgehead atoms. The van der Waals surface area contributed by atoms with Gasteiger partial charge in [0.15, 0.2) is 0 Å². The quantitative estimate of drug-likeness (QED) is 0.619. The van der Waals surface area contributed by atoms with Crippen LogP contribution in [0.3, 0.4) is 0 Å². The van der Waals surface area contributed by atoms with E-state index in [1.165, 1.54) is 0 Å². The molecule has 0 saturated heterocycles. The number of halogens is 4. The minimum atomic E-state index is 0.0369. The number of likely N-dealkylation sites (N-methyl/N-ethyl adjacent to an activating group) is 1. The number of nitrogens with zero attached hydrogens (tertiary/aromatic N) is 1. The van der Waals surface area contributed by atoms with Gasteiger partial charge in [-0.3, -0.25) is 4.98 Å². The number of rotatable bonds is 5. The monoisotopic (exact) mass is 450 g/mol. The van der Waals surface area contributed by atoms with E-state index in [-0.39, 0.29) is 6.04 Å². The number of nitrogens with one attached hydrogen (secondary N) is 1. The highest BCUT2D eigenvalue weighted by Gasteiger charge is 2.19. The Morgan fingerprint density at radius 3 is 2.48 bits per heavy atom. The van der Waals surface area contributed by atoms with E-state index in [4.69, 9.17) is 23.2 Å². The van der Waals surface area contributed by atoms with Crippen molar-refractivity contribution in [3.8, 4) is 0 Å². The summed E-state index contributed by atoms with van der Waals surface area (Å²) in [7, 11) is 0. The lowest BCUT2D eigenvalue weighted by molar-refractivity contribution is 0.534. The van der Waals surface area contributed by atoms with Gasteiger partial charge in [0.1, 0.15) is 0 Å². The van der Waals surface area contributed by atoms with E-state index >= 15 is 0 Å². The van der Waals surface area contributed by atoms with E-state index in [9.17, 15) is 0 Å². The molecule has 2 nitrogen and oxygen atoms in total. The third-order valence-electron chi connectivity index (χ3n) is 3.09. The van der Waals surface area contributed by atoms with Crippen LogP contribution in [0.4, 0.5) is 0 Å². The standard InChI is InChI=1S/C15H14Br2Cl2N2/c1-2-20-14(15-11(17)6-9(16)8-21-15)7-10-12(18)4-3-5-13(10)19/h3-6,8,14,20H,2,7H2,1H3. The van der Waals surface area contributed by atoms with Crippen LogP contribution in [0.25, 0.3) is 0 Å². The highest BCUT2D eigenvalue weighted by atomic mass is 79.9. The maximum atomic E-state index is 6.27. The van der Waals surface area contributed by atoms with Gasteiger partial charge in [-0.25, -0.2) is 0 Å². The molecule has 2 rings (SSSR count). The highest BCUT2D eigenvalue weighted by Crippen LogP contribution is 2.31. The zero-order chi connectivity index (χ0) is 15.4. The summed E-state index contributed by atoms with van der Waals surface area (Å²) >= 11 is 19.5. The predicted molar refractivity (Wildman–Crippen MR) is 96.2 cm³/mol. The lowest BCUT2D eigenvalue weighted by Gasteiger charge is -2.20. The lowest BCUT2D eigenvalue weighted by atomic mass is 10.0. The molecule has 1 heterocycles. The molecular weight excluding hydrogens is 439 g/mol. The minimum absolute atomic E-state index is 0.0369. The van der Waals surface area contributed by atoms with Crippen molar-refractivity contribution in [1.82, 2.24) is 10.3 Å². The SMILES string of the molecule is CCNC(Cc1c(Cl)cccc1Cl)c1ncc(Br)cc1Br. The van der Waals surface area contributed by atoms with E-state index in [1.54, 1.807) is 6.20 Å². The predicted octanol–water partition coefficient (Wildman–Crippen LogP) is 5.81.